The summed E-state index contributed by atoms with van der Waals surface area (Å²) in [7, 11) is 0. The number of rotatable bonds is 2. The van der Waals surface area contributed by atoms with Crippen molar-refractivity contribution in [3.8, 4) is 6.07 Å². The van der Waals surface area contributed by atoms with E-state index < -0.39 is 5.92 Å². The molecule has 2 N–H and O–H groups in total. The van der Waals surface area contributed by atoms with Gasteiger partial charge in [-0.3, -0.25) is 9.69 Å². The number of halogens is 1. The number of carbonyl (C=O) groups excluding carboxylic acids is 1. The van der Waals surface area contributed by atoms with Crippen molar-refractivity contribution < 1.29 is 4.79 Å². The van der Waals surface area contributed by atoms with Crippen molar-refractivity contribution in [3.63, 3.8) is 0 Å². The Balaban J connectivity index is 1.99. The van der Waals surface area contributed by atoms with Crippen LogP contribution in [0.1, 0.15) is 34.9 Å². The summed E-state index contributed by atoms with van der Waals surface area (Å²) in [6.45, 7) is 2.01. The average Bonchev–Trinajstić information content (AvgIpc) is 3.08. The zero-order valence-corrected chi connectivity index (χ0v) is 16.3. The van der Waals surface area contributed by atoms with Gasteiger partial charge in [0.2, 0.25) is 0 Å². The van der Waals surface area contributed by atoms with Gasteiger partial charge in [-0.25, -0.2) is 4.98 Å². The van der Waals surface area contributed by atoms with Gasteiger partial charge < -0.3 is 5.73 Å². The van der Waals surface area contributed by atoms with Crippen LogP contribution in [0.25, 0.3) is 0 Å². The van der Waals surface area contributed by atoms with Gasteiger partial charge in [-0.05, 0) is 44.0 Å². The molecule has 0 spiro atoms. The molecule has 0 fully saturated rings. The molecule has 0 aromatic carbocycles. The molecule has 1 unspecified atom stereocenters. The maximum Gasteiger partial charge on any atom is 0.161 e. The molecule has 5 nitrogen and oxygen atoms in total. The predicted octanol–water partition coefficient (Wildman–Crippen LogP) is 4.41. The fraction of sp³-hybridized carbons (Fsp3) is 0.250. The first kappa shape index (κ1) is 17.8. The first-order chi connectivity index (χ1) is 13.0. The maximum atomic E-state index is 12.9. The van der Waals surface area contributed by atoms with E-state index in [1.165, 1.54) is 0 Å². The number of Topliss-reactive ketones (excluding diaryl/α,β-unsaturated/α-hetero) is 1. The molecule has 0 radical (unpaired) electrons. The van der Waals surface area contributed by atoms with Crippen LogP contribution in [0.3, 0.4) is 0 Å². The number of hydrogen-bond acceptors (Lipinski definition) is 6. The summed E-state index contributed by atoms with van der Waals surface area (Å²) in [6.07, 6.45) is 3.52. The molecule has 136 valence electrons. The van der Waals surface area contributed by atoms with Crippen LogP contribution >= 0.6 is 22.9 Å². The lowest BCUT2D eigenvalue weighted by Gasteiger charge is -2.39. The molecule has 4 rings (SSSR count). The molecule has 0 bridgehead atoms. The molecule has 1 aliphatic carbocycles. The zero-order valence-electron chi connectivity index (χ0n) is 14.7. The fourth-order valence-electron chi connectivity index (χ4n) is 3.80. The highest BCUT2D eigenvalue weighted by atomic mass is 35.5. The molecule has 2 aliphatic rings. The lowest BCUT2D eigenvalue weighted by atomic mass is 9.78. The van der Waals surface area contributed by atoms with Gasteiger partial charge in [-0.2, -0.15) is 5.26 Å². The summed E-state index contributed by atoms with van der Waals surface area (Å²) in [5, 5.41) is 10.2. The third-order valence-electron chi connectivity index (χ3n) is 4.94. The second kappa shape index (κ2) is 6.84. The number of nitrogens with zero attached hydrogens (tertiary/aromatic N) is 3. The number of nitrogens with two attached hydrogens (primary N) is 1. The molecular formula is C20H17ClN4OS. The minimum absolute atomic E-state index is 0.0672. The number of anilines is 1. The lowest BCUT2D eigenvalue weighted by molar-refractivity contribution is -0.116. The average molecular weight is 397 g/mol. The second-order valence-corrected chi connectivity index (χ2v) is 8.26. The Kier molecular flexibility index (Phi) is 4.50. The van der Waals surface area contributed by atoms with Crippen LogP contribution in [0.15, 0.2) is 53.1 Å². The summed E-state index contributed by atoms with van der Waals surface area (Å²) in [6, 6.07) is 9.80. The van der Waals surface area contributed by atoms with E-state index in [4.69, 9.17) is 17.3 Å². The van der Waals surface area contributed by atoms with Crippen LogP contribution in [-0.2, 0) is 4.79 Å². The van der Waals surface area contributed by atoms with E-state index in [-0.39, 0.29) is 10.9 Å². The van der Waals surface area contributed by atoms with Crippen LogP contribution in [-0.4, -0.2) is 10.8 Å². The number of hydrogen-bond donors (Lipinski definition) is 1. The van der Waals surface area contributed by atoms with E-state index >= 15 is 0 Å². The maximum absolute atomic E-state index is 12.9. The Morgan fingerprint density at radius 2 is 2.19 bits per heavy atom. The van der Waals surface area contributed by atoms with Gasteiger partial charge in [-0.15, -0.1) is 11.3 Å². The molecule has 27 heavy (non-hydrogen) atoms. The van der Waals surface area contributed by atoms with Crippen molar-refractivity contribution in [1.82, 2.24) is 4.98 Å². The number of pyridine rings is 1. The molecule has 1 aliphatic heterocycles. The van der Waals surface area contributed by atoms with Gasteiger partial charge in [0.25, 0.3) is 0 Å². The topological polar surface area (TPSA) is 83.0 Å². The number of ketones is 1. The Labute approximate surface area is 166 Å². The first-order valence-corrected chi connectivity index (χ1v) is 9.85. The highest BCUT2D eigenvalue weighted by molar-refractivity contribution is 7.12. The van der Waals surface area contributed by atoms with Gasteiger partial charge in [-0.1, -0.05) is 11.6 Å². The highest BCUT2D eigenvalue weighted by Crippen LogP contribution is 2.48. The lowest BCUT2D eigenvalue weighted by Crippen LogP contribution is -2.38. The number of aromatic nitrogens is 1. The van der Waals surface area contributed by atoms with E-state index in [9.17, 15) is 10.1 Å². The summed E-state index contributed by atoms with van der Waals surface area (Å²) >= 11 is 7.91. The quantitative estimate of drug-likeness (QED) is 0.760. The Morgan fingerprint density at radius 3 is 2.85 bits per heavy atom. The predicted molar refractivity (Wildman–Crippen MR) is 106 cm³/mol. The van der Waals surface area contributed by atoms with E-state index in [0.717, 1.165) is 21.9 Å². The molecule has 2 aromatic rings. The van der Waals surface area contributed by atoms with E-state index in [2.05, 4.69) is 11.1 Å². The molecule has 7 heteroatoms. The van der Waals surface area contributed by atoms with Crippen molar-refractivity contribution >= 4 is 34.4 Å². The number of allylic oxidation sites excluding steroid dienone is 3. The third kappa shape index (κ3) is 2.84. The van der Waals surface area contributed by atoms with E-state index in [1.807, 2.05) is 19.1 Å². The van der Waals surface area contributed by atoms with Crippen LogP contribution in [0.2, 0.25) is 5.15 Å². The fourth-order valence-corrected chi connectivity index (χ4v) is 5.00. The van der Waals surface area contributed by atoms with Gasteiger partial charge >= 0.3 is 0 Å². The summed E-state index contributed by atoms with van der Waals surface area (Å²) in [5.41, 5.74) is 8.94. The van der Waals surface area contributed by atoms with Crippen LogP contribution in [0, 0.1) is 18.3 Å². The standard InChI is InChI=1S/C20H17ClN4OS/c1-11-7-8-16(27-11)17-12(10-22)20(23)25(14-5-3-9-24-19(14)21)13-4-2-6-15(26)18(13)17/h3,5,7-9,17H,2,4,6,23H2,1H3. The van der Waals surface area contributed by atoms with Gasteiger partial charge in [0, 0.05) is 33.6 Å². The molecule has 0 saturated heterocycles. The molecule has 3 heterocycles. The van der Waals surface area contributed by atoms with Crippen molar-refractivity contribution in [2.75, 3.05) is 4.90 Å². The normalized spacial score (nSPS) is 20.0. The van der Waals surface area contributed by atoms with Gasteiger partial charge in [0.15, 0.2) is 10.9 Å². The minimum atomic E-state index is -0.414. The Morgan fingerprint density at radius 1 is 1.37 bits per heavy atom. The Bertz CT molecular complexity index is 1050. The smallest absolute Gasteiger partial charge is 0.161 e. The molecule has 0 amide bonds. The summed E-state index contributed by atoms with van der Waals surface area (Å²) in [4.78, 5) is 20.9. The van der Waals surface area contributed by atoms with Crippen molar-refractivity contribution in [2.24, 2.45) is 5.73 Å². The highest BCUT2D eigenvalue weighted by Gasteiger charge is 2.41. The largest absolute Gasteiger partial charge is 0.384 e. The summed E-state index contributed by atoms with van der Waals surface area (Å²) in [5.74, 6) is -0.0299. The van der Waals surface area contributed by atoms with Gasteiger partial charge in [0.1, 0.15) is 5.82 Å². The Hall–Kier alpha value is -2.62. The number of nitriles is 1. The van der Waals surface area contributed by atoms with Crippen molar-refractivity contribution in [3.05, 3.63) is 68.0 Å². The zero-order chi connectivity index (χ0) is 19.1. The van der Waals surface area contributed by atoms with Crippen LogP contribution in [0.5, 0.6) is 0 Å². The van der Waals surface area contributed by atoms with Gasteiger partial charge in [0.05, 0.1) is 23.2 Å². The SMILES string of the molecule is Cc1ccc(C2C(C#N)=C(N)N(c3cccnc3Cl)C3=C2C(=O)CCC3)s1. The number of aryl methyl sites for hydroxylation is 1. The van der Waals surface area contributed by atoms with E-state index in [0.29, 0.717) is 35.5 Å². The first-order valence-electron chi connectivity index (χ1n) is 8.66. The van der Waals surface area contributed by atoms with Crippen LogP contribution in [0.4, 0.5) is 5.69 Å². The number of carbonyl (C=O) groups is 1. The summed E-state index contributed by atoms with van der Waals surface area (Å²) < 4.78 is 0. The third-order valence-corrected chi connectivity index (χ3v) is 6.30. The molecular weight excluding hydrogens is 380 g/mol. The molecule has 0 saturated carbocycles. The van der Waals surface area contributed by atoms with Crippen LogP contribution < -0.4 is 10.6 Å². The molecule has 2 aromatic heterocycles. The molecule has 1 atom stereocenters. The monoisotopic (exact) mass is 396 g/mol. The minimum Gasteiger partial charge on any atom is -0.384 e. The number of thiophene rings is 1. The second-order valence-electron chi connectivity index (χ2n) is 6.58. The van der Waals surface area contributed by atoms with Crippen molar-refractivity contribution in [1.29, 1.82) is 5.26 Å². The van der Waals surface area contributed by atoms with Crippen molar-refractivity contribution in [2.45, 2.75) is 32.1 Å². The van der Waals surface area contributed by atoms with E-state index in [1.54, 1.807) is 34.6 Å².